The molecule has 104 valence electrons. The van der Waals surface area contributed by atoms with Crippen LogP contribution in [0.4, 0.5) is 5.69 Å². The second kappa shape index (κ2) is 5.35. The van der Waals surface area contributed by atoms with E-state index < -0.39 is 0 Å². The minimum atomic E-state index is -0.0754. The van der Waals surface area contributed by atoms with Crippen LogP contribution in [0.5, 0.6) is 0 Å². The molecule has 1 aliphatic rings. The lowest BCUT2D eigenvalue weighted by atomic mass is 10.1. The minimum Gasteiger partial charge on any atom is -0.397 e. The van der Waals surface area contributed by atoms with Gasteiger partial charge in [-0.25, -0.2) is 4.98 Å². The van der Waals surface area contributed by atoms with Crippen molar-refractivity contribution >= 4 is 23.2 Å². The fraction of sp³-hybridized carbons (Fsp3) is 0.538. The number of likely N-dealkylation sites (N-methyl/N-ethyl adjacent to an activating group) is 1. The van der Waals surface area contributed by atoms with Gasteiger partial charge in [0.2, 0.25) is 0 Å². The summed E-state index contributed by atoms with van der Waals surface area (Å²) in [6.07, 6.45) is 1.43. The number of hydrogen-bond donors (Lipinski definition) is 1. The SMILES string of the molecule is CC1CN(C(=O)c2cc(Cl)ncc2N)CC(C)N1C. The second-order valence-electron chi connectivity index (χ2n) is 5.17. The van der Waals surface area contributed by atoms with E-state index in [-0.39, 0.29) is 11.1 Å². The number of aromatic nitrogens is 1. The molecule has 1 aromatic heterocycles. The average molecular weight is 283 g/mol. The molecule has 0 radical (unpaired) electrons. The van der Waals surface area contributed by atoms with Crippen molar-refractivity contribution in [1.29, 1.82) is 0 Å². The number of piperazine rings is 1. The topological polar surface area (TPSA) is 62.5 Å². The van der Waals surface area contributed by atoms with Crippen molar-refractivity contribution in [3.8, 4) is 0 Å². The molecule has 0 aromatic carbocycles. The molecule has 0 bridgehead atoms. The Morgan fingerprint density at radius 1 is 1.42 bits per heavy atom. The van der Waals surface area contributed by atoms with Crippen LogP contribution in [0, 0.1) is 0 Å². The number of carbonyl (C=O) groups is 1. The van der Waals surface area contributed by atoms with Gasteiger partial charge in [-0.3, -0.25) is 9.69 Å². The van der Waals surface area contributed by atoms with Crippen molar-refractivity contribution in [2.45, 2.75) is 25.9 Å². The standard InChI is InChI=1S/C13H19ClN4O/c1-8-6-18(7-9(2)17(8)3)13(19)10-4-12(14)16-5-11(10)15/h4-5,8-9H,6-7,15H2,1-3H3. The average Bonchev–Trinajstić information content (AvgIpc) is 2.37. The minimum absolute atomic E-state index is 0.0754. The van der Waals surface area contributed by atoms with Gasteiger partial charge in [-0.15, -0.1) is 0 Å². The quantitative estimate of drug-likeness (QED) is 0.793. The highest BCUT2D eigenvalue weighted by atomic mass is 35.5. The van der Waals surface area contributed by atoms with E-state index in [1.54, 1.807) is 0 Å². The van der Waals surface area contributed by atoms with Crippen LogP contribution >= 0.6 is 11.6 Å². The summed E-state index contributed by atoms with van der Waals surface area (Å²) in [4.78, 5) is 20.5. The van der Waals surface area contributed by atoms with E-state index in [0.717, 1.165) is 0 Å². The van der Waals surface area contributed by atoms with Gasteiger partial charge in [-0.1, -0.05) is 11.6 Å². The van der Waals surface area contributed by atoms with Crippen molar-refractivity contribution in [1.82, 2.24) is 14.8 Å². The van der Waals surface area contributed by atoms with Gasteiger partial charge in [0.15, 0.2) is 0 Å². The van der Waals surface area contributed by atoms with Gasteiger partial charge >= 0.3 is 0 Å². The number of hydrogen-bond acceptors (Lipinski definition) is 4. The van der Waals surface area contributed by atoms with Crippen molar-refractivity contribution in [2.24, 2.45) is 0 Å². The summed E-state index contributed by atoms with van der Waals surface area (Å²) in [7, 11) is 2.08. The fourth-order valence-electron chi connectivity index (χ4n) is 2.37. The molecular weight excluding hydrogens is 264 g/mol. The predicted octanol–water partition coefficient (Wildman–Crippen LogP) is 1.48. The third-order valence-electron chi connectivity index (χ3n) is 3.78. The van der Waals surface area contributed by atoms with E-state index in [9.17, 15) is 4.79 Å². The van der Waals surface area contributed by atoms with E-state index in [2.05, 4.69) is 30.8 Å². The predicted molar refractivity (Wildman–Crippen MR) is 76.2 cm³/mol. The van der Waals surface area contributed by atoms with Crippen molar-refractivity contribution in [2.75, 3.05) is 25.9 Å². The number of halogens is 1. The summed E-state index contributed by atoms with van der Waals surface area (Å²) in [6.45, 7) is 5.61. The molecule has 6 heteroatoms. The van der Waals surface area contributed by atoms with E-state index in [0.29, 0.717) is 36.4 Å². The molecule has 1 amide bonds. The Hall–Kier alpha value is -1.33. The largest absolute Gasteiger partial charge is 0.397 e. The van der Waals surface area contributed by atoms with Crippen molar-refractivity contribution in [3.63, 3.8) is 0 Å². The first-order valence-corrected chi connectivity index (χ1v) is 6.70. The summed E-state index contributed by atoms with van der Waals surface area (Å²) in [5.41, 5.74) is 6.62. The van der Waals surface area contributed by atoms with Crippen LogP contribution in [0.1, 0.15) is 24.2 Å². The van der Waals surface area contributed by atoms with Crippen LogP contribution in [0.3, 0.4) is 0 Å². The Balaban J connectivity index is 2.22. The van der Waals surface area contributed by atoms with Crippen molar-refractivity contribution < 1.29 is 4.79 Å². The number of nitrogen functional groups attached to an aromatic ring is 1. The molecular formula is C13H19ClN4O. The van der Waals surface area contributed by atoms with Crippen LogP contribution < -0.4 is 5.73 Å². The maximum Gasteiger partial charge on any atom is 0.256 e. The molecule has 2 unspecified atom stereocenters. The molecule has 0 spiro atoms. The molecule has 2 atom stereocenters. The highest BCUT2D eigenvalue weighted by Crippen LogP contribution is 2.20. The maximum atomic E-state index is 12.5. The third-order valence-corrected chi connectivity index (χ3v) is 3.99. The fourth-order valence-corrected chi connectivity index (χ4v) is 2.52. The van der Waals surface area contributed by atoms with Gasteiger partial charge in [0.05, 0.1) is 17.4 Å². The van der Waals surface area contributed by atoms with E-state index in [4.69, 9.17) is 17.3 Å². The van der Waals surface area contributed by atoms with Gasteiger partial charge in [0.25, 0.3) is 5.91 Å². The Morgan fingerprint density at radius 3 is 2.58 bits per heavy atom. The van der Waals surface area contributed by atoms with Crippen LogP contribution in [0.2, 0.25) is 5.15 Å². The van der Waals surface area contributed by atoms with Crippen LogP contribution in [-0.4, -0.2) is 52.9 Å². The molecule has 5 nitrogen and oxygen atoms in total. The Morgan fingerprint density at radius 2 is 2.00 bits per heavy atom. The van der Waals surface area contributed by atoms with Crippen molar-refractivity contribution in [3.05, 3.63) is 23.0 Å². The first-order chi connectivity index (χ1) is 8.90. The summed E-state index contributed by atoms with van der Waals surface area (Å²) in [5.74, 6) is -0.0754. The molecule has 1 aliphatic heterocycles. The smallest absolute Gasteiger partial charge is 0.256 e. The second-order valence-corrected chi connectivity index (χ2v) is 5.56. The van der Waals surface area contributed by atoms with E-state index in [1.807, 2.05) is 4.90 Å². The zero-order valence-corrected chi connectivity index (χ0v) is 12.2. The highest BCUT2D eigenvalue weighted by Gasteiger charge is 2.30. The summed E-state index contributed by atoms with van der Waals surface area (Å²) in [6, 6.07) is 2.19. The molecule has 1 aromatic rings. The number of nitrogens with zero attached hydrogens (tertiary/aromatic N) is 3. The normalized spacial score (nSPS) is 24.5. The number of carbonyl (C=O) groups excluding carboxylic acids is 1. The van der Waals surface area contributed by atoms with Gasteiger partial charge in [-0.2, -0.15) is 0 Å². The lowest BCUT2D eigenvalue weighted by molar-refractivity contribution is 0.0415. The molecule has 1 fully saturated rings. The van der Waals surface area contributed by atoms with Gasteiger partial charge in [0.1, 0.15) is 5.15 Å². The molecule has 1 saturated heterocycles. The van der Waals surface area contributed by atoms with Crippen LogP contribution in [0.25, 0.3) is 0 Å². The number of rotatable bonds is 1. The Bertz CT molecular complexity index is 482. The molecule has 19 heavy (non-hydrogen) atoms. The Labute approximate surface area is 118 Å². The zero-order valence-electron chi connectivity index (χ0n) is 11.4. The molecule has 2 rings (SSSR count). The monoisotopic (exact) mass is 282 g/mol. The molecule has 2 N–H and O–H groups in total. The lowest BCUT2D eigenvalue weighted by Gasteiger charge is -2.42. The molecule has 0 aliphatic carbocycles. The highest BCUT2D eigenvalue weighted by molar-refractivity contribution is 6.29. The molecule has 2 heterocycles. The van der Waals surface area contributed by atoms with Crippen LogP contribution in [0.15, 0.2) is 12.3 Å². The summed E-state index contributed by atoms with van der Waals surface area (Å²) in [5, 5.41) is 0.285. The number of anilines is 1. The summed E-state index contributed by atoms with van der Waals surface area (Å²) < 4.78 is 0. The first-order valence-electron chi connectivity index (χ1n) is 6.32. The van der Waals surface area contributed by atoms with Gasteiger partial charge in [-0.05, 0) is 27.0 Å². The van der Waals surface area contributed by atoms with E-state index in [1.165, 1.54) is 12.3 Å². The number of pyridine rings is 1. The molecule has 0 saturated carbocycles. The number of amides is 1. The first kappa shape index (κ1) is 14.1. The van der Waals surface area contributed by atoms with Crippen LogP contribution in [-0.2, 0) is 0 Å². The van der Waals surface area contributed by atoms with Gasteiger partial charge < -0.3 is 10.6 Å². The lowest BCUT2D eigenvalue weighted by Crippen LogP contribution is -2.56. The Kier molecular flexibility index (Phi) is 3.96. The van der Waals surface area contributed by atoms with Gasteiger partial charge in [0, 0.05) is 25.2 Å². The van der Waals surface area contributed by atoms with E-state index >= 15 is 0 Å². The maximum absolute atomic E-state index is 12.5. The number of nitrogens with two attached hydrogens (primary N) is 1. The zero-order chi connectivity index (χ0) is 14.2. The summed E-state index contributed by atoms with van der Waals surface area (Å²) >= 11 is 5.83. The third kappa shape index (κ3) is 2.82.